The molecule has 0 fully saturated rings. The number of anilines is 1. The van der Waals surface area contributed by atoms with Crippen LogP contribution in [0.3, 0.4) is 0 Å². The third-order valence-corrected chi connectivity index (χ3v) is 4.54. The Labute approximate surface area is 135 Å². The van der Waals surface area contributed by atoms with E-state index in [2.05, 4.69) is 74.7 Å². The van der Waals surface area contributed by atoms with Crippen molar-refractivity contribution in [1.29, 1.82) is 0 Å². The first-order valence-corrected chi connectivity index (χ1v) is 8.40. The molecule has 2 aromatic rings. The summed E-state index contributed by atoms with van der Waals surface area (Å²) in [5, 5.41) is 3.53. The Morgan fingerprint density at radius 2 is 1.86 bits per heavy atom. The number of benzene rings is 2. The number of para-hydroxylation sites is 1. The lowest BCUT2D eigenvalue weighted by Crippen LogP contribution is -2.25. The molecule has 0 bridgehead atoms. The van der Waals surface area contributed by atoms with Crippen LogP contribution in [0.5, 0.6) is 0 Å². The average molecular weight is 345 g/mol. The lowest BCUT2D eigenvalue weighted by atomic mass is 10.2. The second-order valence-electron chi connectivity index (χ2n) is 5.52. The number of fused-ring (bicyclic) bond motifs is 1. The molecule has 1 N–H and O–H groups in total. The van der Waals surface area contributed by atoms with Crippen molar-refractivity contribution in [3.8, 4) is 0 Å². The molecule has 2 aromatic carbocycles. The monoisotopic (exact) mass is 344 g/mol. The van der Waals surface area contributed by atoms with Gasteiger partial charge in [-0.05, 0) is 48.7 Å². The van der Waals surface area contributed by atoms with Crippen LogP contribution >= 0.6 is 15.9 Å². The highest BCUT2D eigenvalue weighted by Crippen LogP contribution is 2.27. The van der Waals surface area contributed by atoms with Crippen LogP contribution in [0, 0.1) is 0 Å². The molecule has 1 aliphatic rings. The lowest BCUT2D eigenvalue weighted by Gasteiger charge is -2.19. The maximum Gasteiger partial charge on any atom is 0.0399 e. The summed E-state index contributed by atoms with van der Waals surface area (Å²) in [6.07, 6.45) is 2.38. The van der Waals surface area contributed by atoms with E-state index in [1.54, 1.807) is 0 Å². The molecule has 0 atom stereocenters. The van der Waals surface area contributed by atoms with E-state index < -0.39 is 0 Å². The second-order valence-corrected chi connectivity index (χ2v) is 6.44. The Balaban J connectivity index is 1.38. The van der Waals surface area contributed by atoms with Crippen LogP contribution in [0.25, 0.3) is 0 Å². The Kier molecular flexibility index (Phi) is 4.94. The first-order valence-electron chi connectivity index (χ1n) is 7.61. The Bertz CT molecular complexity index is 580. The molecule has 21 heavy (non-hydrogen) atoms. The summed E-state index contributed by atoms with van der Waals surface area (Å²) in [5.74, 6) is 0. The zero-order valence-corrected chi connectivity index (χ0v) is 13.8. The van der Waals surface area contributed by atoms with Gasteiger partial charge in [-0.15, -0.1) is 0 Å². The summed E-state index contributed by atoms with van der Waals surface area (Å²) in [5.41, 5.74) is 4.27. The molecule has 3 heteroatoms. The van der Waals surface area contributed by atoms with E-state index in [1.807, 2.05) is 0 Å². The highest BCUT2D eigenvalue weighted by atomic mass is 79.9. The van der Waals surface area contributed by atoms with Crippen molar-refractivity contribution in [1.82, 2.24) is 5.32 Å². The zero-order chi connectivity index (χ0) is 14.5. The van der Waals surface area contributed by atoms with Crippen LogP contribution < -0.4 is 10.2 Å². The first kappa shape index (κ1) is 14.6. The third kappa shape index (κ3) is 3.86. The van der Waals surface area contributed by atoms with E-state index in [-0.39, 0.29) is 0 Å². The smallest absolute Gasteiger partial charge is 0.0399 e. The number of rotatable bonds is 6. The van der Waals surface area contributed by atoms with E-state index in [9.17, 15) is 0 Å². The van der Waals surface area contributed by atoms with Crippen molar-refractivity contribution in [2.75, 3.05) is 24.5 Å². The van der Waals surface area contributed by atoms with Gasteiger partial charge >= 0.3 is 0 Å². The largest absolute Gasteiger partial charge is 0.371 e. The Morgan fingerprint density at radius 3 is 2.71 bits per heavy atom. The van der Waals surface area contributed by atoms with Crippen LogP contribution in [0.2, 0.25) is 0 Å². The second kappa shape index (κ2) is 7.10. The molecule has 0 aliphatic carbocycles. The molecule has 0 radical (unpaired) electrons. The fraction of sp³-hybridized carbons (Fsp3) is 0.333. The third-order valence-electron chi connectivity index (χ3n) is 4.01. The first-order chi connectivity index (χ1) is 10.3. The van der Waals surface area contributed by atoms with Crippen LogP contribution in [0.15, 0.2) is 53.0 Å². The molecule has 1 aliphatic heterocycles. The lowest BCUT2D eigenvalue weighted by molar-refractivity contribution is 0.638. The van der Waals surface area contributed by atoms with Crippen molar-refractivity contribution in [2.45, 2.75) is 19.4 Å². The van der Waals surface area contributed by atoms with Gasteiger partial charge in [0.15, 0.2) is 0 Å². The van der Waals surface area contributed by atoms with Crippen LogP contribution in [-0.2, 0) is 13.0 Å². The number of halogens is 1. The maximum absolute atomic E-state index is 3.53. The summed E-state index contributed by atoms with van der Waals surface area (Å²) >= 11 is 3.46. The normalized spacial score (nSPS) is 13.5. The minimum atomic E-state index is 0.948. The standard InChI is InChI=1S/C18H21BrN2/c19-17-8-6-15(7-9-17)14-20-11-3-12-21-13-10-16-4-1-2-5-18(16)21/h1-2,4-9,20H,3,10-14H2. The van der Waals surface area contributed by atoms with Crippen LogP contribution in [0.1, 0.15) is 17.5 Å². The molecule has 1 heterocycles. The van der Waals surface area contributed by atoms with E-state index in [0.717, 1.165) is 24.1 Å². The molecule has 0 aromatic heterocycles. The number of nitrogens with one attached hydrogen (secondary N) is 1. The summed E-state index contributed by atoms with van der Waals surface area (Å²) in [7, 11) is 0. The van der Waals surface area contributed by atoms with E-state index in [1.165, 1.54) is 36.2 Å². The topological polar surface area (TPSA) is 15.3 Å². The summed E-state index contributed by atoms with van der Waals surface area (Å²) in [6.45, 7) is 4.33. The predicted molar refractivity (Wildman–Crippen MR) is 92.8 cm³/mol. The molecule has 110 valence electrons. The van der Waals surface area contributed by atoms with Gasteiger partial charge < -0.3 is 10.2 Å². The average Bonchev–Trinajstić information content (AvgIpc) is 2.92. The number of hydrogen-bond acceptors (Lipinski definition) is 2. The number of nitrogens with zero attached hydrogens (tertiary/aromatic N) is 1. The predicted octanol–water partition coefficient (Wildman–Crippen LogP) is 3.99. The molecular weight excluding hydrogens is 324 g/mol. The molecular formula is C18H21BrN2. The van der Waals surface area contributed by atoms with Gasteiger partial charge in [-0.3, -0.25) is 0 Å². The van der Waals surface area contributed by atoms with Crippen LogP contribution in [-0.4, -0.2) is 19.6 Å². The quantitative estimate of drug-likeness (QED) is 0.797. The molecule has 2 nitrogen and oxygen atoms in total. The fourth-order valence-electron chi connectivity index (χ4n) is 2.87. The van der Waals surface area contributed by atoms with Gasteiger partial charge in [-0.1, -0.05) is 46.3 Å². The van der Waals surface area contributed by atoms with Gasteiger partial charge in [-0.2, -0.15) is 0 Å². The molecule has 0 unspecified atom stereocenters. The molecule has 0 saturated carbocycles. The minimum Gasteiger partial charge on any atom is -0.371 e. The van der Waals surface area contributed by atoms with Gasteiger partial charge in [0.2, 0.25) is 0 Å². The highest BCUT2D eigenvalue weighted by molar-refractivity contribution is 9.10. The Hall–Kier alpha value is -1.32. The van der Waals surface area contributed by atoms with Crippen molar-refractivity contribution in [2.24, 2.45) is 0 Å². The summed E-state index contributed by atoms with van der Waals surface area (Å²) in [4.78, 5) is 2.51. The Morgan fingerprint density at radius 1 is 1.05 bits per heavy atom. The van der Waals surface area contributed by atoms with Crippen molar-refractivity contribution >= 4 is 21.6 Å². The van der Waals surface area contributed by atoms with E-state index in [0.29, 0.717) is 0 Å². The van der Waals surface area contributed by atoms with Crippen molar-refractivity contribution in [3.63, 3.8) is 0 Å². The van der Waals surface area contributed by atoms with Gasteiger partial charge in [0.25, 0.3) is 0 Å². The van der Waals surface area contributed by atoms with E-state index >= 15 is 0 Å². The SMILES string of the molecule is Brc1ccc(CNCCCN2CCc3ccccc32)cc1. The zero-order valence-electron chi connectivity index (χ0n) is 12.2. The molecule has 3 rings (SSSR count). The van der Waals surface area contributed by atoms with E-state index in [4.69, 9.17) is 0 Å². The van der Waals surface area contributed by atoms with Gasteiger partial charge in [-0.25, -0.2) is 0 Å². The highest BCUT2D eigenvalue weighted by Gasteiger charge is 2.16. The molecule has 0 spiro atoms. The van der Waals surface area contributed by atoms with Crippen LogP contribution in [0.4, 0.5) is 5.69 Å². The molecule has 0 amide bonds. The van der Waals surface area contributed by atoms with Crippen molar-refractivity contribution < 1.29 is 0 Å². The minimum absolute atomic E-state index is 0.948. The summed E-state index contributed by atoms with van der Waals surface area (Å²) < 4.78 is 1.14. The van der Waals surface area contributed by atoms with Gasteiger partial charge in [0, 0.05) is 29.8 Å². The summed E-state index contributed by atoms with van der Waals surface area (Å²) in [6, 6.07) is 17.3. The van der Waals surface area contributed by atoms with Gasteiger partial charge in [0.1, 0.15) is 0 Å². The fourth-order valence-corrected chi connectivity index (χ4v) is 3.13. The maximum atomic E-state index is 3.53. The van der Waals surface area contributed by atoms with Crippen molar-refractivity contribution in [3.05, 3.63) is 64.1 Å². The number of hydrogen-bond donors (Lipinski definition) is 1. The van der Waals surface area contributed by atoms with Gasteiger partial charge in [0.05, 0.1) is 0 Å². The molecule has 0 saturated heterocycles.